The quantitative estimate of drug-likeness (QED) is 0.920. The number of halogens is 1. The van der Waals surface area contributed by atoms with Gasteiger partial charge in [0.15, 0.2) is 0 Å². The van der Waals surface area contributed by atoms with Crippen LogP contribution in [0.4, 0.5) is 5.82 Å². The molecule has 0 saturated heterocycles. The van der Waals surface area contributed by atoms with E-state index >= 15 is 0 Å². The molecule has 104 valence electrons. The number of nitrogens with one attached hydrogen (secondary N) is 1. The Labute approximate surface area is 124 Å². The highest BCUT2D eigenvalue weighted by Crippen LogP contribution is 2.30. The lowest BCUT2D eigenvalue weighted by Crippen LogP contribution is -2.23. The summed E-state index contributed by atoms with van der Waals surface area (Å²) in [4.78, 5) is 0. The summed E-state index contributed by atoms with van der Waals surface area (Å²) in [6, 6.07) is 10.6. The maximum absolute atomic E-state index is 6.08. The van der Waals surface area contributed by atoms with Gasteiger partial charge in [0.2, 0.25) is 0 Å². The summed E-state index contributed by atoms with van der Waals surface area (Å²) in [5.41, 5.74) is 2.60. The van der Waals surface area contributed by atoms with E-state index in [9.17, 15) is 0 Å². The Morgan fingerprint density at radius 3 is 3.00 bits per heavy atom. The molecule has 1 atom stereocenters. The Balaban J connectivity index is 1.73. The summed E-state index contributed by atoms with van der Waals surface area (Å²) in [6.45, 7) is 0. The van der Waals surface area contributed by atoms with Crippen molar-refractivity contribution in [1.82, 2.24) is 9.78 Å². The number of benzene rings is 1. The van der Waals surface area contributed by atoms with E-state index in [2.05, 4.69) is 22.6 Å². The fraction of sp³-hybridized carbons (Fsp3) is 0.312. The largest absolute Gasteiger partial charge is 0.367 e. The molecule has 2 aromatic rings. The van der Waals surface area contributed by atoms with Crippen LogP contribution in [0.15, 0.2) is 42.6 Å². The summed E-state index contributed by atoms with van der Waals surface area (Å²) in [6.07, 6.45) is 7.41. The SMILES string of the molecule is Cn1nccc1NC1CCC=C(c2cccc(Cl)c2)C1. The standard InChI is InChI=1S/C16H18ClN3/c1-20-16(8-9-18-20)19-15-7-3-5-13(11-15)12-4-2-6-14(17)10-12/h2,4-6,8-10,15,19H,3,7,11H2,1H3. The van der Waals surface area contributed by atoms with Gasteiger partial charge in [0.1, 0.15) is 5.82 Å². The first kappa shape index (κ1) is 13.3. The predicted molar refractivity (Wildman–Crippen MR) is 83.9 cm³/mol. The molecule has 1 aromatic heterocycles. The fourth-order valence-electron chi connectivity index (χ4n) is 2.68. The molecule has 1 aliphatic carbocycles. The minimum absolute atomic E-state index is 0.449. The first-order valence-corrected chi connectivity index (χ1v) is 7.29. The van der Waals surface area contributed by atoms with Gasteiger partial charge in [-0.05, 0) is 42.5 Å². The Morgan fingerprint density at radius 2 is 2.25 bits per heavy atom. The number of rotatable bonds is 3. The smallest absolute Gasteiger partial charge is 0.124 e. The zero-order chi connectivity index (χ0) is 13.9. The number of aryl methyl sites for hydroxylation is 1. The van der Waals surface area contributed by atoms with E-state index in [0.29, 0.717) is 6.04 Å². The summed E-state index contributed by atoms with van der Waals surface area (Å²) >= 11 is 6.08. The van der Waals surface area contributed by atoms with Crippen LogP contribution < -0.4 is 5.32 Å². The topological polar surface area (TPSA) is 29.9 Å². The normalized spacial score (nSPS) is 18.7. The van der Waals surface area contributed by atoms with Gasteiger partial charge >= 0.3 is 0 Å². The van der Waals surface area contributed by atoms with Crippen LogP contribution in [0.2, 0.25) is 5.02 Å². The highest BCUT2D eigenvalue weighted by molar-refractivity contribution is 6.30. The van der Waals surface area contributed by atoms with Crippen molar-refractivity contribution in [2.45, 2.75) is 25.3 Å². The second kappa shape index (κ2) is 5.71. The average Bonchev–Trinajstić information content (AvgIpc) is 2.85. The van der Waals surface area contributed by atoms with Gasteiger partial charge in [-0.1, -0.05) is 29.8 Å². The Kier molecular flexibility index (Phi) is 3.79. The predicted octanol–water partition coefficient (Wildman–Crippen LogP) is 4.12. The lowest BCUT2D eigenvalue weighted by Gasteiger charge is -2.25. The molecule has 1 unspecified atom stereocenters. The van der Waals surface area contributed by atoms with E-state index in [4.69, 9.17) is 11.6 Å². The molecule has 0 saturated carbocycles. The van der Waals surface area contributed by atoms with Crippen molar-refractivity contribution in [1.29, 1.82) is 0 Å². The van der Waals surface area contributed by atoms with Crippen LogP contribution in [0.5, 0.6) is 0 Å². The third-order valence-electron chi connectivity index (χ3n) is 3.74. The van der Waals surface area contributed by atoms with Crippen molar-refractivity contribution < 1.29 is 0 Å². The van der Waals surface area contributed by atoms with Gasteiger partial charge in [0.25, 0.3) is 0 Å². The molecule has 1 heterocycles. The van der Waals surface area contributed by atoms with Crippen LogP contribution in [0.1, 0.15) is 24.8 Å². The third-order valence-corrected chi connectivity index (χ3v) is 3.98. The Morgan fingerprint density at radius 1 is 1.35 bits per heavy atom. The highest BCUT2D eigenvalue weighted by atomic mass is 35.5. The zero-order valence-corrected chi connectivity index (χ0v) is 12.3. The van der Waals surface area contributed by atoms with Gasteiger partial charge in [0.05, 0.1) is 6.20 Å². The van der Waals surface area contributed by atoms with Crippen LogP contribution in [0.3, 0.4) is 0 Å². The second-order valence-electron chi connectivity index (χ2n) is 5.20. The first-order chi connectivity index (χ1) is 9.72. The maximum atomic E-state index is 6.08. The number of nitrogens with zero attached hydrogens (tertiary/aromatic N) is 2. The molecule has 0 bridgehead atoms. The second-order valence-corrected chi connectivity index (χ2v) is 5.64. The molecule has 20 heavy (non-hydrogen) atoms. The summed E-state index contributed by atoms with van der Waals surface area (Å²) in [5, 5.41) is 8.56. The fourth-order valence-corrected chi connectivity index (χ4v) is 2.87. The zero-order valence-electron chi connectivity index (χ0n) is 11.5. The Bertz CT molecular complexity index is 630. The molecule has 0 fully saturated rings. The van der Waals surface area contributed by atoms with E-state index < -0.39 is 0 Å². The van der Waals surface area contributed by atoms with Gasteiger partial charge < -0.3 is 5.32 Å². The van der Waals surface area contributed by atoms with E-state index in [0.717, 1.165) is 30.1 Å². The Hall–Kier alpha value is -1.74. The molecule has 3 nitrogen and oxygen atoms in total. The van der Waals surface area contributed by atoms with Crippen molar-refractivity contribution in [3.63, 3.8) is 0 Å². The maximum Gasteiger partial charge on any atom is 0.124 e. The lowest BCUT2D eigenvalue weighted by atomic mass is 9.90. The van der Waals surface area contributed by atoms with Crippen molar-refractivity contribution in [2.24, 2.45) is 7.05 Å². The average molecular weight is 288 g/mol. The minimum atomic E-state index is 0.449. The summed E-state index contributed by atoms with van der Waals surface area (Å²) < 4.78 is 1.87. The number of anilines is 1. The summed E-state index contributed by atoms with van der Waals surface area (Å²) in [7, 11) is 1.96. The van der Waals surface area contributed by atoms with Crippen molar-refractivity contribution >= 4 is 23.0 Å². The number of hydrogen-bond acceptors (Lipinski definition) is 2. The molecule has 4 heteroatoms. The number of hydrogen-bond donors (Lipinski definition) is 1. The van der Waals surface area contributed by atoms with Crippen molar-refractivity contribution in [3.05, 3.63) is 53.2 Å². The molecule has 1 aromatic carbocycles. The molecule has 0 spiro atoms. The van der Waals surface area contributed by atoms with E-state index in [1.165, 1.54) is 11.1 Å². The number of aromatic nitrogens is 2. The minimum Gasteiger partial charge on any atom is -0.367 e. The molecule has 0 radical (unpaired) electrons. The van der Waals surface area contributed by atoms with Crippen LogP contribution in [0, 0.1) is 0 Å². The van der Waals surface area contributed by atoms with Crippen LogP contribution in [-0.4, -0.2) is 15.8 Å². The van der Waals surface area contributed by atoms with E-state index in [1.807, 2.05) is 42.2 Å². The van der Waals surface area contributed by atoms with Gasteiger partial charge in [0, 0.05) is 24.2 Å². The van der Waals surface area contributed by atoms with Gasteiger partial charge in [-0.15, -0.1) is 0 Å². The third kappa shape index (κ3) is 2.88. The van der Waals surface area contributed by atoms with Gasteiger partial charge in [-0.3, -0.25) is 4.68 Å². The van der Waals surface area contributed by atoms with Gasteiger partial charge in [-0.25, -0.2) is 0 Å². The summed E-state index contributed by atoms with van der Waals surface area (Å²) in [5.74, 6) is 1.07. The van der Waals surface area contributed by atoms with Crippen molar-refractivity contribution in [3.8, 4) is 0 Å². The first-order valence-electron chi connectivity index (χ1n) is 6.92. The van der Waals surface area contributed by atoms with Crippen LogP contribution >= 0.6 is 11.6 Å². The monoisotopic (exact) mass is 287 g/mol. The molecular weight excluding hydrogens is 270 g/mol. The number of allylic oxidation sites excluding steroid dienone is 1. The van der Waals surface area contributed by atoms with Crippen LogP contribution in [-0.2, 0) is 7.05 Å². The van der Waals surface area contributed by atoms with Crippen LogP contribution in [0.25, 0.3) is 5.57 Å². The van der Waals surface area contributed by atoms with Crippen molar-refractivity contribution in [2.75, 3.05) is 5.32 Å². The molecule has 0 aliphatic heterocycles. The van der Waals surface area contributed by atoms with E-state index in [-0.39, 0.29) is 0 Å². The molecular formula is C16H18ClN3. The molecule has 1 N–H and O–H groups in total. The lowest BCUT2D eigenvalue weighted by molar-refractivity contribution is 0.640. The van der Waals surface area contributed by atoms with Gasteiger partial charge in [-0.2, -0.15) is 5.10 Å². The molecule has 1 aliphatic rings. The highest BCUT2D eigenvalue weighted by Gasteiger charge is 2.17. The molecule has 0 amide bonds. The van der Waals surface area contributed by atoms with E-state index in [1.54, 1.807) is 0 Å². The molecule has 3 rings (SSSR count).